The maximum absolute atomic E-state index is 14.0. The third-order valence-corrected chi connectivity index (χ3v) is 4.23. The van der Waals surface area contributed by atoms with Crippen LogP contribution in [0.2, 0.25) is 5.02 Å². The highest BCUT2D eigenvalue weighted by atomic mass is 35.5. The summed E-state index contributed by atoms with van der Waals surface area (Å²) in [6.45, 7) is 0. The average Bonchev–Trinajstić information content (AvgIpc) is 2.69. The van der Waals surface area contributed by atoms with E-state index < -0.39 is 57.7 Å². The van der Waals surface area contributed by atoms with Crippen LogP contribution in [0.3, 0.4) is 0 Å². The van der Waals surface area contributed by atoms with E-state index in [2.05, 4.69) is 20.3 Å². The summed E-state index contributed by atoms with van der Waals surface area (Å²) in [5, 5.41) is 8.23. The topological polar surface area (TPSA) is 73.3 Å². The van der Waals surface area contributed by atoms with Crippen molar-refractivity contribution in [3.63, 3.8) is 0 Å². The maximum atomic E-state index is 14.0. The lowest BCUT2D eigenvalue weighted by atomic mass is 10.1. The molecule has 0 fully saturated rings. The highest BCUT2D eigenvalue weighted by molar-refractivity contribution is 6.35. The molecule has 3 aromatic rings. The van der Waals surface area contributed by atoms with Gasteiger partial charge in [0.2, 0.25) is 0 Å². The van der Waals surface area contributed by atoms with E-state index in [-0.39, 0.29) is 5.69 Å². The van der Waals surface area contributed by atoms with Crippen molar-refractivity contribution in [1.82, 2.24) is 10.2 Å². The molecule has 0 bridgehead atoms. The smallest absolute Gasteiger partial charge is 0.456 e. The number of amides is 1. The number of anilines is 1. The van der Waals surface area contributed by atoms with Gasteiger partial charge in [0.15, 0.2) is 11.6 Å². The van der Waals surface area contributed by atoms with Gasteiger partial charge in [0, 0.05) is 6.07 Å². The molecule has 0 aliphatic heterocycles. The predicted molar refractivity (Wildman–Crippen MR) is 99.6 cm³/mol. The molecule has 1 N–H and O–H groups in total. The normalized spacial score (nSPS) is 11.8. The zero-order chi connectivity index (χ0) is 24.4. The number of rotatable bonds is 5. The van der Waals surface area contributed by atoms with E-state index >= 15 is 0 Å². The number of aromatic nitrogens is 2. The quantitative estimate of drug-likeness (QED) is 0.425. The predicted octanol–water partition coefficient (Wildman–Crippen LogP) is 6.23. The molecule has 0 aliphatic rings. The Morgan fingerprint density at radius 1 is 0.970 bits per heavy atom. The lowest BCUT2D eigenvalue weighted by Crippen LogP contribution is -2.18. The summed E-state index contributed by atoms with van der Waals surface area (Å²) in [7, 11) is 0. The van der Waals surface area contributed by atoms with Gasteiger partial charge in [-0.25, -0.2) is 4.39 Å². The summed E-state index contributed by atoms with van der Waals surface area (Å²) in [5.41, 5.74) is -2.05. The third-order valence-electron chi connectivity index (χ3n) is 3.84. The van der Waals surface area contributed by atoms with Crippen LogP contribution in [0.1, 0.15) is 15.9 Å². The molecule has 1 amide bonds. The van der Waals surface area contributed by atoms with Crippen LogP contribution >= 0.6 is 11.6 Å². The van der Waals surface area contributed by atoms with E-state index in [1.54, 1.807) is 0 Å². The molecule has 3 rings (SSSR count). The minimum Gasteiger partial charge on any atom is -0.456 e. The first kappa shape index (κ1) is 24.0. The maximum Gasteiger partial charge on any atom is 0.573 e. The van der Waals surface area contributed by atoms with Crippen LogP contribution in [0.15, 0.2) is 48.8 Å². The Kier molecular flexibility index (Phi) is 6.63. The van der Waals surface area contributed by atoms with E-state index in [0.29, 0.717) is 18.2 Å². The van der Waals surface area contributed by atoms with Crippen LogP contribution in [0.4, 0.5) is 36.4 Å². The van der Waals surface area contributed by atoms with E-state index in [1.165, 1.54) is 12.3 Å². The fraction of sp³-hybridized carbons (Fsp3) is 0.105. The molecule has 1 heterocycles. The molecule has 0 saturated heterocycles. The zero-order valence-corrected chi connectivity index (χ0v) is 16.5. The number of nitrogens with one attached hydrogen (secondary N) is 1. The fourth-order valence-corrected chi connectivity index (χ4v) is 2.86. The van der Waals surface area contributed by atoms with Gasteiger partial charge in [-0.3, -0.25) is 4.79 Å². The van der Waals surface area contributed by atoms with Crippen molar-refractivity contribution in [3.05, 3.63) is 70.8 Å². The first-order chi connectivity index (χ1) is 15.3. The minimum absolute atomic E-state index is 0.0640. The molecule has 0 spiro atoms. The first-order valence-electron chi connectivity index (χ1n) is 8.56. The Bertz CT molecular complexity index is 1170. The van der Waals surface area contributed by atoms with Crippen molar-refractivity contribution in [3.8, 4) is 17.2 Å². The van der Waals surface area contributed by atoms with Gasteiger partial charge in [0.05, 0.1) is 28.7 Å². The highest BCUT2D eigenvalue weighted by Crippen LogP contribution is 2.41. The monoisotopic (exact) mass is 495 g/mol. The Morgan fingerprint density at radius 3 is 2.24 bits per heavy atom. The largest absolute Gasteiger partial charge is 0.573 e. The fourth-order valence-electron chi connectivity index (χ4n) is 2.51. The van der Waals surface area contributed by atoms with Gasteiger partial charge in [0.1, 0.15) is 17.1 Å². The molecule has 33 heavy (non-hydrogen) atoms. The van der Waals surface area contributed by atoms with E-state index in [1.807, 2.05) is 0 Å². The van der Waals surface area contributed by atoms with Gasteiger partial charge in [0.25, 0.3) is 5.91 Å². The van der Waals surface area contributed by atoms with Crippen LogP contribution in [0.25, 0.3) is 0 Å². The number of hydrogen-bond donors (Lipinski definition) is 1. The molecule has 174 valence electrons. The van der Waals surface area contributed by atoms with Crippen LogP contribution in [-0.4, -0.2) is 22.5 Å². The van der Waals surface area contributed by atoms with Gasteiger partial charge < -0.3 is 14.8 Å². The van der Waals surface area contributed by atoms with E-state index in [0.717, 1.165) is 18.3 Å². The molecule has 6 nitrogen and oxygen atoms in total. The molecule has 1 aromatic heterocycles. The SMILES string of the molecule is O=C(Nc1ccnnc1)c1c(Oc2ccc(OC(F)(F)F)c(F)c2)ccc(C(F)(F)F)c1Cl. The van der Waals surface area contributed by atoms with Crippen molar-refractivity contribution >= 4 is 23.2 Å². The van der Waals surface area contributed by atoms with Crippen LogP contribution in [0.5, 0.6) is 17.2 Å². The number of ether oxygens (including phenoxy) is 2. The summed E-state index contributed by atoms with van der Waals surface area (Å²) in [4.78, 5) is 12.7. The number of carbonyl (C=O) groups is 1. The molecule has 0 saturated carbocycles. The second-order valence-corrected chi connectivity index (χ2v) is 6.50. The minimum atomic E-state index is -5.16. The Morgan fingerprint density at radius 2 is 1.67 bits per heavy atom. The Labute approximate surface area is 184 Å². The molecule has 0 radical (unpaired) electrons. The third kappa shape index (κ3) is 6.00. The van der Waals surface area contributed by atoms with Crippen LogP contribution < -0.4 is 14.8 Å². The van der Waals surface area contributed by atoms with Gasteiger partial charge in [-0.05, 0) is 30.3 Å². The summed E-state index contributed by atoms with van der Waals surface area (Å²) < 4.78 is 99.4. The van der Waals surface area contributed by atoms with Crippen LogP contribution in [-0.2, 0) is 6.18 Å². The van der Waals surface area contributed by atoms with Gasteiger partial charge >= 0.3 is 12.5 Å². The number of carbonyl (C=O) groups excluding carboxylic acids is 1. The number of alkyl halides is 6. The molecule has 0 atom stereocenters. The first-order valence-corrected chi connectivity index (χ1v) is 8.94. The summed E-state index contributed by atoms with van der Waals surface area (Å²) in [6.07, 6.45) is -7.77. The Hall–Kier alpha value is -3.61. The molecule has 0 aliphatic carbocycles. The van der Waals surface area contributed by atoms with Crippen molar-refractivity contribution in [1.29, 1.82) is 0 Å². The van der Waals surface area contributed by atoms with E-state index in [9.17, 15) is 35.5 Å². The molecular weight excluding hydrogens is 487 g/mol. The Balaban J connectivity index is 2.00. The van der Waals surface area contributed by atoms with Crippen LogP contribution in [0, 0.1) is 5.82 Å². The second-order valence-electron chi connectivity index (χ2n) is 6.13. The van der Waals surface area contributed by atoms with Gasteiger partial charge in [-0.2, -0.15) is 23.4 Å². The number of nitrogens with zero attached hydrogens (tertiary/aromatic N) is 2. The molecule has 14 heteroatoms. The standard InChI is InChI=1S/C19H9ClF7N3O3/c20-16-11(18(22,23)24)2-4-14(15(16)17(31)30-9-5-6-28-29-8-9)32-10-1-3-13(12(21)7-10)33-19(25,26)27/h1-8H,(H,28,30,31). The summed E-state index contributed by atoms with van der Waals surface area (Å²) in [5.74, 6) is -4.75. The molecular formula is C19H9ClF7N3O3. The lowest BCUT2D eigenvalue weighted by molar-refractivity contribution is -0.275. The molecule has 0 unspecified atom stereocenters. The zero-order valence-electron chi connectivity index (χ0n) is 15.8. The van der Waals surface area contributed by atoms with Crippen molar-refractivity contribution in [2.45, 2.75) is 12.5 Å². The van der Waals surface area contributed by atoms with Crippen molar-refractivity contribution in [2.24, 2.45) is 0 Å². The van der Waals surface area contributed by atoms with Crippen molar-refractivity contribution < 1.29 is 45.0 Å². The number of hydrogen-bond acceptors (Lipinski definition) is 5. The lowest BCUT2D eigenvalue weighted by Gasteiger charge is -2.17. The molecule has 2 aromatic carbocycles. The van der Waals surface area contributed by atoms with Gasteiger partial charge in [-0.15, -0.1) is 13.2 Å². The highest BCUT2D eigenvalue weighted by Gasteiger charge is 2.36. The second kappa shape index (κ2) is 9.10. The summed E-state index contributed by atoms with van der Waals surface area (Å²) >= 11 is 5.85. The van der Waals surface area contributed by atoms with Gasteiger partial charge in [-0.1, -0.05) is 11.6 Å². The summed E-state index contributed by atoms with van der Waals surface area (Å²) in [6, 6.07) is 4.51. The average molecular weight is 496 g/mol. The number of benzene rings is 2. The van der Waals surface area contributed by atoms with E-state index in [4.69, 9.17) is 16.3 Å². The van der Waals surface area contributed by atoms with Crippen molar-refractivity contribution in [2.75, 3.05) is 5.32 Å². The number of halogens is 8.